The molecule has 1 aromatic carbocycles. The Bertz CT molecular complexity index is 488. The van der Waals surface area contributed by atoms with E-state index in [9.17, 15) is 0 Å². The summed E-state index contributed by atoms with van der Waals surface area (Å²) >= 11 is 7.88. The topological polar surface area (TPSA) is 38.9 Å². The van der Waals surface area contributed by atoms with E-state index in [0.29, 0.717) is 6.54 Å². The molecule has 1 aromatic heterocycles. The second kappa shape index (κ2) is 6.05. The molecule has 0 aliphatic heterocycles. The van der Waals surface area contributed by atoms with E-state index in [4.69, 9.17) is 17.3 Å². The third kappa shape index (κ3) is 3.46. The quantitative estimate of drug-likeness (QED) is 0.920. The lowest BCUT2D eigenvalue weighted by atomic mass is 10.1. The molecular formula is C13H13ClN2S. The average Bonchev–Trinajstić information content (AvgIpc) is 2.34. The van der Waals surface area contributed by atoms with Crippen LogP contribution in [0.2, 0.25) is 5.02 Å². The normalized spacial score (nSPS) is 10.5. The zero-order valence-electron chi connectivity index (χ0n) is 9.27. The van der Waals surface area contributed by atoms with Gasteiger partial charge in [0, 0.05) is 22.2 Å². The molecule has 0 amide bonds. The van der Waals surface area contributed by atoms with Gasteiger partial charge in [0.05, 0.1) is 5.02 Å². The van der Waals surface area contributed by atoms with Crippen LogP contribution in [0.25, 0.3) is 0 Å². The van der Waals surface area contributed by atoms with Crippen LogP contribution in [-0.2, 0) is 6.42 Å². The lowest BCUT2D eigenvalue weighted by molar-refractivity contribution is 0.966. The number of hydrogen-bond acceptors (Lipinski definition) is 3. The smallest absolute Gasteiger partial charge is 0.0548 e. The summed E-state index contributed by atoms with van der Waals surface area (Å²) in [6.07, 6.45) is 4.41. The SMILES string of the molecule is NCCc1ccc(Sc2ccncc2)c(Cl)c1. The number of hydrogen-bond donors (Lipinski definition) is 1. The zero-order chi connectivity index (χ0) is 12.1. The van der Waals surface area contributed by atoms with Crippen LogP contribution in [-0.4, -0.2) is 11.5 Å². The lowest BCUT2D eigenvalue weighted by Crippen LogP contribution is -2.02. The van der Waals surface area contributed by atoms with E-state index in [1.165, 1.54) is 5.56 Å². The Kier molecular flexibility index (Phi) is 4.42. The summed E-state index contributed by atoms with van der Waals surface area (Å²) in [7, 11) is 0. The summed E-state index contributed by atoms with van der Waals surface area (Å²) in [6, 6.07) is 10.0. The molecule has 0 aliphatic carbocycles. The van der Waals surface area contributed by atoms with Crippen LogP contribution in [0.3, 0.4) is 0 Å². The van der Waals surface area contributed by atoms with Gasteiger partial charge in [0.1, 0.15) is 0 Å². The molecule has 2 rings (SSSR count). The van der Waals surface area contributed by atoms with Crippen molar-refractivity contribution in [2.75, 3.05) is 6.54 Å². The summed E-state index contributed by atoms with van der Waals surface area (Å²) in [5.41, 5.74) is 6.69. The monoisotopic (exact) mass is 264 g/mol. The Labute approximate surface area is 110 Å². The minimum atomic E-state index is 0.646. The molecule has 0 spiro atoms. The van der Waals surface area contributed by atoms with E-state index < -0.39 is 0 Å². The minimum Gasteiger partial charge on any atom is -0.330 e. The highest BCUT2D eigenvalue weighted by atomic mass is 35.5. The third-order valence-corrected chi connectivity index (χ3v) is 3.82. The molecule has 1 heterocycles. The summed E-state index contributed by atoms with van der Waals surface area (Å²) in [6.45, 7) is 0.646. The maximum absolute atomic E-state index is 6.24. The van der Waals surface area contributed by atoms with Gasteiger partial charge in [0.25, 0.3) is 0 Å². The standard InChI is InChI=1S/C13H13ClN2S/c14-12-9-10(3-6-15)1-2-13(12)17-11-4-7-16-8-5-11/h1-2,4-5,7-9H,3,6,15H2. The van der Waals surface area contributed by atoms with Gasteiger partial charge in [-0.2, -0.15) is 0 Å². The predicted molar refractivity (Wildman–Crippen MR) is 72.6 cm³/mol. The van der Waals surface area contributed by atoms with E-state index in [0.717, 1.165) is 21.2 Å². The van der Waals surface area contributed by atoms with E-state index in [1.807, 2.05) is 24.3 Å². The first kappa shape index (κ1) is 12.4. The Morgan fingerprint density at radius 3 is 2.59 bits per heavy atom. The molecule has 0 atom stereocenters. The van der Waals surface area contributed by atoms with Crippen molar-refractivity contribution in [1.29, 1.82) is 0 Å². The van der Waals surface area contributed by atoms with Crippen LogP contribution in [0.5, 0.6) is 0 Å². The van der Waals surface area contributed by atoms with E-state index in [-0.39, 0.29) is 0 Å². The first-order valence-electron chi connectivity index (χ1n) is 5.36. The first-order chi connectivity index (χ1) is 8.29. The Morgan fingerprint density at radius 1 is 1.18 bits per heavy atom. The molecule has 0 bridgehead atoms. The highest BCUT2D eigenvalue weighted by Gasteiger charge is 2.03. The predicted octanol–water partition coefficient (Wildman–Crippen LogP) is 3.39. The number of rotatable bonds is 4. The van der Waals surface area contributed by atoms with E-state index in [2.05, 4.69) is 11.1 Å². The largest absolute Gasteiger partial charge is 0.330 e. The maximum atomic E-state index is 6.24. The molecule has 2 aromatic rings. The van der Waals surface area contributed by atoms with Crippen molar-refractivity contribution in [2.24, 2.45) is 5.73 Å². The number of pyridine rings is 1. The molecule has 0 saturated heterocycles. The van der Waals surface area contributed by atoms with Crippen molar-refractivity contribution in [2.45, 2.75) is 16.2 Å². The second-order valence-corrected chi connectivity index (χ2v) is 5.11. The molecule has 0 unspecified atom stereocenters. The van der Waals surface area contributed by atoms with Gasteiger partial charge in [0.15, 0.2) is 0 Å². The first-order valence-corrected chi connectivity index (χ1v) is 6.55. The molecule has 0 radical (unpaired) electrons. The molecule has 88 valence electrons. The summed E-state index contributed by atoms with van der Waals surface area (Å²) < 4.78 is 0. The summed E-state index contributed by atoms with van der Waals surface area (Å²) in [5.74, 6) is 0. The van der Waals surface area contributed by atoms with Gasteiger partial charge in [-0.3, -0.25) is 4.98 Å². The van der Waals surface area contributed by atoms with Crippen molar-refractivity contribution in [3.05, 3.63) is 53.3 Å². The summed E-state index contributed by atoms with van der Waals surface area (Å²) in [4.78, 5) is 6.17. The van der Waals surface area contributed by atoms with Crippen molar-refractivity contribution in [1.82, 2.24) is 4.98 Å². The summed E-state index contributed by atoms with van der Waals surface area (Å²) in [5, 5.41) is 0.776. The van der Waals surface area contributed by atoms with Crippen LogP contribution in [0.1, 0.15) is 5.56 Å². The van der Waals surface area contributed by atoms with Gasteiger partial charge in [-0.1, -0.05) is 29.4 Å². The van der Waals surface area contributed by atoms with Gasteiger partial charge in [-0.15, -0.1) is 0 Å². The molecule has 2 nitrogen and oxygen atoms in total. The van der Waals surface area contributed by atoms with Crippen molar-refractivity contribution in [3.63, 3.8) is 0 Å². The lowest BCUT2D eigenvalue weighted by Gasteiger charge is -2.06. The molecule has 2 N–H and O–H groups in total. The number of aromatic nitrogens is 1. The minimum absolute atomic E-state index is 0.646. The number of nitrogens with zero attached hydrogens (tertiary/aromatic N) is 1. The van der Waals surface area contributed by atoms with Gasteiger partial charge < -0.3 is 5.73 Å². The van der Waals surface area contributed by atoms with Crippen molar-refractivity contribution < 1.29 is 0 Å². The van der Waals surface area contributed by atoms with Gasteiger partial charge in [-0.25, -0.2) is 0 Å². The van der Waals surface area contributed by atoms with Crippen LogP contribution < -0.4 is 5.73 Å². The van der Waals surface area contributed by atoms with Crippen molar-refractivity contribution >= 4 is 23.4 Å². The van der Waals surface area contributed by atoms with Gasteiger partial charge in [-0.05, 0) is 42.8 Å². The fraction of sp³-hybridized carbons (Fsp3) is 0.154. The van der Waals surface area contributed by atoms with Gasteiger partial charge in [0.2, 0.25) is 0 Å². The van der Waals surface area contributed by atoms with E-state index >= 15 is 0 Å². The Morgan fingerprint density at radius 2 is 1.94 bits per heavy atom. The molecule has 0 aliphatic rings. The van der Waals surface area contributed by atoms with E-state index in [1.54, 1.807) is 24.2 Å². The Balaban J connectivity index is 2.17. The average molecular weight is 265 g/mol. The maximum Gasteiger partial charge on any atom is 0.0548 e. The molecule has 17 heavy (non-hydrogen) atoms. The van der Waals surface area contributed by atoms with Gasteiger partial charge >= 0.3 is 0 Å². The molecule has 0 saturated carbocycles. The fourth-order valence-electron chi connectivity index (χ4n) is 1.48. The van der Waals surface area contributed by atoms with Crippen LogP contribution in [0, 0.1) is 0 Å². The molecule has 0 fully saturated rings. The zero-order valence-corrected chi connectivity index (χ0v) is 10.8. The van der Waals surface area contributed by atoms with Crippen LogP contribution in [0.15, 0.2) is 52.5 Å². The highest BCUT2D eigenvalue weighted by Crippen LogP contribution is 2.33. The van der Waals surface area contributed by atoms with Crippen molar-refractivity contribution in [3.8, 4) is 0 Å². The van der Waals surface area contributed by atoms with Crippen LogP contribution >= 0.6 is 23.4 Å². The van der Waals surface area contributed by atoms with Crippen LogP contribution in [0.4, 0.5) is 0 Å². The number of halogens is 1. The second-order valence-electron chi connectivity index (χ2n) is 3.59. The molecular weight excluding hydrogens is 252 g/mol. The number of nitrogens with two attached hydrogens (primary N) is 1. The third-order valence-electron chi connectivity index (χ3n) is 2.31. The fourth-order valence-corrected chi connectivity index (χ4v) is 2.61. The number of benzene rings is 1. The Hall–Kier alpha value is -1.03. The molecule has 4 heteroatoms. The highest BCUT2D eigenvalue weighted by molar-refractivity contribution is 7.99.